The normalized spacial score (nSPS) is 14.9. The van der Waals surface area contributed by atoms with Gasteiger partial charge in [0.1, 0.15) is 17.7 Å². The predicted octanol–water partition coefficient (Wildman–Crippen LogP) is 0.494. The van der Waals surface area contributed by atoms with Gasteiger partial charge in [0, 0.05) is 0 Å². The summed E-state index contributed by atoms with van der Waals surface area (Å²) in [5.41, 5.74) is -0.749. The Kier molecular flexibility index (Phi) is 8.31. The lowest BCUT2D eigenvalue weighted by Crippen LogP contribution is -2.56. The van der Waals surface area contributed by atoms with Crippen LogP contribution in [0.15, 0.2) is 12.7 Å². The molecule has 0 aliphatic carbocycles. The smallest absolute Gasteiger partial charge is 0.408 e. The zero-order chi connectivity index (χ0) is 18.2. The van der Waals surface area contributed by atoms with Crippen LogP contribution in [0.5, 0.6) is 0 Å². The first-order valence-electron chi connectivity index (χ1n) is 7.18. The topological polar surface area (TPSA) is 114 Å². The molecule has 0 radical (unpaired) electrons. The number of methoxy groups -OCH3 is 1. The van der Waals surface area contributed by atoms with Gasteiger partial charge in [-0.05, 0) is 34.1 Å². The summed E-state index contributed by atoms with van der Waals surface area (Å²) in [5.74, 6) is -1.39. The lowest BCUT2D eigenvalue weighted by atomic mass is 10.1. The zero-order valence-corrected chi connectivity index (χ0v) is 14.2. The lowest BCUT2D eigenvalue weighted by Gasteiger charge is -2.25. The summed E-state index contributed by atoms with van der Waals surface area (Å²) in [5, 5.41) is 14.4. The van der Waals surface area contributed by atoms with E-state index in [9.17, 15) is 19.5 Å². The molecule has 0 aromatic heterocycles. The van der Waals surface area contributed by atoms with Crippen LogP contribution in [0.25, 0.3) is 0 Å². The number of esters is 1. The number of carbonyl (C=O) groups excluding carboxylic acids is 3. The molecule has 0 aliphatic heterocycles. The minimum Gasteiger partial charge on any atom is -0.467 e. The number of carbonyl (C=O) groups is 3. The summed E-state index contributed by atoms with van der Waals surface area (Å²) >= 11 is 0. The highest BCUT2D eigenvalue weighted by molar-refractivity contribution is 5.90. The molecule has 0 saturated carbocycles. The summed E-state index contributed by atoms with van der Waals surface area (Å²) in [4.78, 5) is 35.5. The highest BCUT2D eigenvalue weighted by Gasteiger charge is 2.31. The van der Waals surface area contributed by atoms with Crippen molar-refractivity contribution in [3.63, 3.8) is 0 Å². The van der Waals surface area contributed by atoms with E-state index >= 15 is 0 Å². The summed E-state index contributed by atoms with van der Waals surface area (Å²) in [6.45, 7) is 9.83. The average Bonchev–Trinajstić information content (AvgIpc) is 2.41. The summed E-state index contributed by atoms with van der Waals surface area (Å²) in [6, 6.07) is -2.23. The van der Waals surface area contributed by atoms with Crippen LogP contribution >= 0.6 is 0 Å². The van der Waals surface area contributed by atoms with Gasteiger partial charge in [0.2, 0.25) is 5.91 Å². The molecule has 0 saturated heterocycles. The summed E-state index contributed by atoms with van der Waals surface area (Å²) in [6.07, 6.45) is -0.445. The fourth-order valence-electron chi connectivity index (χ4n) is 1.62. The van der Waals surface area contributed by atoms with Crippen molar-refractivity contribution in [1.82, 2.24) is 10.6 Å². The molecular weight excluding hydrogens is 304 g/mol. The molecule has 23 heavy (non-hydrogen) atoms. The molecule has 8 nitrogen and oxygen atoms in total. The van der Waals surface area contributed by atoms with Gasteiger partial charge in [-0.3, -0.25) is 4.79 Å². The first-order chi connectivity index (χ1) is 10.5. The van der Waals surface area contributed by atoms with E-state index in [1.54, 1.807) is 20.8 Å². The van der Waals surface area contributed by atoms with Crippen LogP contribution in [0, 0.1) is 0 Å². The van der Waals surface area contributed by atoms with Crippen molar-refractivity contribution in [3.05, 3.63) is 12.7 Å². The molecule has 132 valence electrons. The van der Waals surface area contributed by atoms with Gasteiger partial charge in [0.05, 0.1) is 13.2 Å². The summed E-state index contributed by atoms with van der Waals surface area (Å²) < 4.78 is 9.62. The van der Waals surface area contributed by atoms with Gasteiger partial charge in [0.15, 0.2) is 0 Å². The van der Waals surface area contributed by atoms with E-state index in [1.165, 1.54) is 20.1 Å². The van der Waals surface area contributed by atoms with E-state index in [0.717, 1.165) is 0 Å². The molecule has 0 spiro atoms. The van der Waals surface area contributed by atoms with Crippen LogP contribution in [-0.2, 0) is 19.1 Å². The zero-order valence-electron chi connectivity index (χ0n) is 14.2. The van der Waals surface area contributed by atoms with Crippen LogP contribution in [-0.4, -0.2) is 54.0 Å². The summed E-state index contributed by atoms with van der Waals surface area (Å²) in [7, 11) is 1.19. The maximum Gasteiger partial charge on any atom is 0.408 e. The fraction of sp³-hybridized carbons (Fsp3) is 0.667. The van der Waals surface area contributed by atoms with Gasteiger partial charge in [-0.15, -0.1) is 6.58 Å². The van der Waals surface area contributed by atoms with E-state index in [1.807, 2.05) is 0 Å². The Bertz CT molecular complexity index is 442. The monoisotopic (exact) mass is 330 g/mol. The van der Waals surface area contributed by atoms with Gasteiger partial charge in [0.25, 0.3) is 0 Å². The second-order valence-electron chi connectivity index (χ2n) is 5.97. The van der Waals surface area contributed by atoms with Crippen LogP contribution in [0.4, 0.5) is 4.79 Å². The predicted molar refractivity (Wildman–Crippen MR) is 83.6 cm³/mol. The van der Waals surface area contributed by atoms with E-state index < -0.39 is 41.8 Å². The van der Waals surface area contributed by atoms with Gasteiger partial charge in [-0.1, -0.05) is 6.08 Å². The minimum absolute atomic E-state index is 0.150. The Morgan fingerprint density at radius 2 is 1.83 bits per heavy atom. The van der Waals surface area contributed by atoms with E-state index in [2.05, 4.69) is 21.9 Å². The molecule has 0 rings (SSSR count). The van der Waals surface area contributed by atoms with Crippen LogP contribution in [0.3, 0.4) is 0 Å². The number of aliphatic hydroxyl groups excluding tert-OH is 1. The fourth-order valence-corrected chi connectivity index (χ4v) is 1.62. The number of ether oxygens (including phenoxy) is 2. The molecule has 8 heteroatoms. The van der Waals surface area contributed by atoms with Crippen molar-refractivity contribution in [1.29, 1.82) is 0 Å². The van der Waals surface area contributed by atoms with E-state index in [-0.39, 0.29) is 6.42 Å². The Hall–Kier alpha value is -2.09. The molecule has 0 aromatic rings. The first kappa shape index (κ1) is 20.9. The van der Waals surface area contributed by atoms with Gasteiger partial charge in [-0.2, -0.15) is 0 Å². The second kappa shape index (κ2) is 9.14. The standard InChI is InChI=1S/C15H26N2O6/c1-7-8-10(13(20)22-6)16-12(19)11(9(2)18)17-14(21)23-15(3,4)5/h7,9-11,18H,1,8H2,2-6H3,(H,16,19)(H,17,21)/t9-,10+,11+/m1/s1. The van der Waals surface area contributed by atoms with Gasteiger partial charge < -0.3 is 25.2 Å². The van der Waals surface area contributed by atoms with E-state index in [4.69, 9.17) is 4.74 Å². The van der Waals surface area contributed by atoms with Crippen molar-refractivity contribution in [3.8, 4) is 0 Å². The third-order valence-electron chi connectivity index (χ3n) is 2.64. The van der Waals surface area contributed by atoms with Crippen molar-refractivity contribution in [2.24, 2.45) is 0 Å². The van der Waals surface area contributed by atoms with Crippen molar-refractivity contribution in [2.75, 3.05) is 7.11 Å². The molecule has 0 bridgehead atoms. The van der Waals surface area contributed by atoms with E-state index in [0.29, 0.717) is 0 Å². The SMILES string of the molecule is C=CC[C@H](NC(=O)[C@@H](NC(=O)OC(C)(C)C)[C@@H](C)O)C(=O)OC. The molecule has 3 atom stereocenters. The number of rotatable bonds is 7. The average molecular weight is 330 g/mol. The van der Waals surface area contributed by atoms with Crippen LogP contribution < -0.4 is 10.6 Å². The Balaban J connectivity index is 4.94. The van der Waals surface area contributed by atoms with Crippen molar-refractivity contribution >= 4 is 18.0 Å². The third-order valence-corrected chi connectivity index (χ3v) is 2.64. The maximum atomic E-state index is 12.2. The van der Waals surface area contributed by atoms with Crippen LogP contribution in [0.1, 0.15) is 34.1 Å². The lowest BCUT2D eigenvalue weighted by molar-refractivity contribution is -0.145. The maximum absolute atomic E-state index is 12.2. The number of hydrogen-bond donors (Lipinski definition) is 3. The number of alkyl carbamates (subject to hydrolysis) is 1. The molecule has 0 unspecified atom stereocenters. The molecule has 2 amide bonds. The quantitative estimate of drug-likeness (QED) is 0.462. The Morgan fingerprint density at radius 3 is 2.22 bits per heavy atom. The molecule has 0 aromatic carbocycles. The second-order valence-corrected chi connectivity index (χ2v) is 5.97. The van der Waals surface area contributed by atoms with Crippen molar-refractivity contribution < 1.29 is 29.0 Å². The number of hydrogen-bond acceptors (Lipinski definition) is 6. The molecule has 3 N–H and O–H groups in total. The highest BCUT2D eigenvalue weighted by Crippen LogP contribution is 2.07. The molecule has 0 fully saturated rings. The van der Waals surface area contributed by atoms with Crippen LogP contribution in [0.2, 0.25) is 0 Å². The molecule has 0 heterocycles. The van der Waals surface area contributed by atoms with Gasteiger partial charge >= 0.3 is 12.1 Å². The third kappa shape index (κ3) is 8.20. The number of nitrogens with one attached hydrogen (secondary N) is 2. The first-order valence-corrected chi connectivity index (χ1v) is 7.18. The molecular formula is C15H26N2O6. The Morgan fingerprint density at radius 1 is 1.26 bits per heavy atom. The Labute approximate surface area is 136 Å². The minimum atomic E-state index is -1.28. The number of amides is 2. The molecule has 0 aliphatic rings. The highest BCUT2D eigenvalue weighted by atomic mass is 16.6. The van der Waals surface area contributed by atoms with Crippen molar-refractivity contribution in [2.45, 2.75) is 57.9 Å². The largest absolute Gasteiger partial charge is 0.467 e. The van der Waals surface area contributed by atoms with Gasteiger partial charge in [-0.25, -0.2) is 9.59 Å². The number of aliphatic hydroxyl groups is 1.